The summed E-state index contributed by atoms with van der Waals surface area (Å²) in [6, 6.07) is 6.82. The molecule has 20 heavy (non-hydrogen) atoms. The van der Waals surface area contributed by atoms with Gasteiger partial charge in [0.1, 0.15) is 28.8 Å². The normalized spacial score (nSPS) is 11.6. The number of aliphatic hydroxyl groups is 1. The second kappa shape index (κ2) is 5.26. The van der Waals surface area contributed by atoms with Crippen LogP contribution in [0.5, 0.6) is 0 Å². The highest BCUT2D eigenvalue weighted by Gasteiger charge is 2.27. The molecule has 0 atom stereocenters. The SMILES string of the molecule is Cc1oc(CO)cc1S(=O)(=O)N(C)c1ccccc1F. The van der Waals surface area contributed by atoms with Crippen LogP contribution >= 0.6 is 0 Å². The fraction of sp³-hybridized carbons (Fsp3) is 0.231. The van der Waals surface area contributed by atoms with E-state index in [0.717, 1.165) is 4.31 Å². The lowest BCUT2D eigenvalue weighted by molar-refractivity contribution is 0.244. The number of nitrogens with zero attached hydrogens (tertiary/aromatic N) is 1. The van der Waals surface area contributed by atoms with Gasteiger partial charge in [-0.3, -0.25) is 4.31 Å². The first kappa shape index (κ1) is 14.5. The van der Waals surface area contributed by atoms with Gasteiger partial charge in [0.2, 0.25) is 0 Å². The van der Waals surface area contributed by atoms with Gasteiger partial charge >= 0.3 is 0 Å². The number of furan rings is 1. The van der Waals surface area contributed by atoms with E-state index in [1.807, 2.05) is 0 Å². The Morgan fingerprint density at radius 2 is 2.00 bits per heavy atom. The van der Waals surface area contributed by atoms with E-state index >= 15 is 0 Å². The molecule has 0 aliphatic heterocycles. The van der Waals surface area contributed by atoms with Gasteiger partial charge in [0, 0.05) is 13.1 Å². The topological polar surface area (TPSA) is 70.8 Å². The van der Waals surface area contributed by atoms with Crippen LogP contribution in [0, 0.1) is 12.7 Å². The summed E-state index contributed by atoms with van der Waals surface area (Å²) >= 11 is 0. The molecule has 0 unspecified atom stereocenters. The van der Waals surface area contributed by atoms with Crippen LogP contribution in [0.25, 0.3) is 0 Å². The maximum atomic E-state index is 13.7. The van der Waals surface area contributed by atoms with Crippen LogP contribution in [0.3, 0.4) is 0 Å². The van der Waals surface area contributed by atoms with Crippen molar-refractivity contribution in [3.63, 3.8) is 0 Å². The van der Waals surface area contributed by atoms with Gasteiger partial charge in [-0.25, -0.2) is 12.8 Å². The van der Waals surface area contributed by atoms with Gasteiger partial charge < -0.3 is 9.52 Å². The van der Waals surface area contributed by atoms with Gasteiger partial charge in [-0.05, 0) is 19.1 Å². The van der Waals surface area contributed by atoms with Crippen molar-refractivity contribution in [2.75, 3.05) is 11.4 Å². The second-order valence-electron chi connectivity index (χ2n) is 4.22. The number of para-hydroxylation sites is 1. The first-order valence-electron chi connectivity index (χ1n) is 5.81. The lowest BCUT2D eigenvalue weighted by Gasteiger charge is -2.19. The Morgan fingerprint density at radius 1 is 1.35 bits per heavy atom. The van der Waals surface area contributed by atoms with Crippen molar-refractivity contribution in [2.45, 2.75) is 18.4 Å². The third kappa shape index (κ3) is 2.41. The zero-order valence-corrected chi connectivity index (χ0v) is 11.8. The number of aliphatic hydroxyl groups excluding tert-OH is 1. The van der Waals surface area contributed by atoms with Crippen molar-refractivity contribution in [3.8, 4) is 0 Å². The Labute approximate surface area is 116 Å². The Balaban J connectivity index is 2.49. The molecule has 0 bridgehead atoms. The summed E-state index contributed by atoms with van der Waals surface area (Å²) in [4.78, 5) is -0.0905. The lowest BCUT2D eigenvalue weighted by Crippen LogP contribution is -2.27. The second-order valence-corrected chi connectivity index (χ2v) is 6.15. The molecule has 1 aromatic carbocycles. The first-order valence-corrected chi connectivity index (χ1v) is 7.25. The van der Waals surface area contributed by atoms with E-state index in [0.29, 0.717) is 0 Å². The molecule has 0 fully saturated rings. The first-order chi connectivity index (χ1) is 9.37. The maximum absolute atomic E-state index is 13.7. The van der Waals surface area contributed by atoms with Gasteiger partial charge in [-0.1, -0.05) is 12.1 Å². The molecule has 0 saturated carbocycles. The Bertz CT molecular complexity index is 724. The predicted octanol–water partition coefficient (Wildman–Crippen LogP) is 2.04. The quantitative estimate of drug-likeness (QED) is 0.938. The van der Waals surface area contributed by atoms with Crippen LogP contribution in [0.1, 0.15) is 11.5 Å². The van der Waals surface area contributed by atoms with E-state index in [4.69, 9.17) is 9.52 Å². The number of hydrogen-bond donors (Lipinski definition) is 1. The average molecular weight is 299 g/mol. The van der Waals surface area contributed by atoms with E-state index in [9.17, 15) is 12.8 Å². The Kier molecular flexibility index (Phi) is 3.82. The summed E-state index contributed by atoms with van der Waals surface area (Å²) in [6.07, 6.45) is 0. The van der Waals surface area contributed by atoms with Crippen LogP contribution in [-0.2, 0) is 16.6 Å². The van der Waals surface area contributed by atoms with Crippen LogP contribution < -0.4 is 4.31 Å². The largest absolute Gasteiger partial charge is 0.462 e. The third-order valence-corrected chi connectivity index (χ3v) is 4.79. The number of rotatable bonds is 4. The molecule has 2 aromatic rings. The van der Waals surface area contributed by atoms with Crippen molar-refractivity contribution in [3.05, 3.63) is 47.7 Å². The Morgan fingerprint density at radius 3 is 2.55 bits per heavy atom. The van der Waals surface area contributed by atoms with E-state index in [1.165, 1.54) is 38.2 Å². The minimum atomic E-state index is -3.95. The molecule has 0 aliphatic rings. The monoisotopic (exact) mass is 299 g/mol. The lowest BCUT2D eigenvalue weighted by atomic mass is 10.3. The zero-order valence-electron chi connectivity index (χ0n) is 11.0. The zero-order chi connectivity index (χ0) is 14.9. The van der Waals surface area contributed by atoms with Gasteiger partial charge in [0.25, 0.3) is 10.0 Å². The molecule has 7 heteroatoms. The summed E-state index contributed by atoms with van der Waals surface area (Å²) in [7, 11) is -2.68. The molecule has 108 valence electrons. The minimum absolute atomic E-state index is 0.0568. The molecule has 1 aromatic heterocycles. The van der Waals surface area contributed by atoms with Gasteiger partial charge in [-0.15, -0.1) is 0 Å². The number of halogens is 1. The molecule has 0 spiro atoms. The van der Waals surface area contributed by atoms with E-state index in [1.54, 1.807) is 6.07 Å². The van der Waals surface area contributed by atoms with Crippen LogP contribution in [-0.4, -0.2) is 20.6 Å². The summed E-state index contributed by atoms with van der Waals surface area (Å²) in [5.74, 6) is -0.345. The van der Waals surface area contributed by atoms with Crippen molar-refractivity contribution in [1.82, 2.24) is 0 Å². The van der Waals surface area contributed by atoms with E-state index in [-0.39, 0.29) is 22.1 Å². The molecule has 0 aliphatic carbocycles. The molecular formula is C13H14FNO4S. The van der Waals surface area contributed by atoms with Gasteiger partial charge in [0.05, 0.1) is 5.69 Å². The molecule has 1 N–H and O–H groups in total. The number of anilines is 1. The molecule has 0 amide bonds. The molecule has 5 nitrogen and oxygen atoms in total. The van der Waals surface area contributed by atoms with Crippen molar-refractivity contribution in [1.29, 1.82) is 0 Å². The third-order valence-electron chi connectivity index (χ3n) is 2.91. The maximum Gasteiger partial charge on any atom is 0.267 e. The standard InChI is InChI=1S/C13H14FNO4S/c1-9-13(7-10(8-16)19-9)20(17,18)15(2)12-6-4-3-5-11(12)14/h3-7,16H,8H2,1-2H3. The number of aryl methyl sites for hydroxylation is 1. The fourth-order valence-electron chi connectivity index (χ4n) is 1.84. The smallest absolute Gasteiger partial charge is 0.267 e. The molecular weight excluding hydrogens is 285 g/mol. The fourth-order valence-corrected chi connectivity index (χ4v) is 3.23. The molecule has 0 radical (unpaired) electrons. The predicted molar refractivity (Wildman–Crippen MR) is 71.4 cm³/mol. The van der Waals surface area contributed by atoms with Crippen molar-refractivity contribution in [2.24, 2.45) is 0 Å². The van der Waals surface area contributed by atoms with E-state index < -0.39 is 22.4 Å². The number of hydrogen-bond acceptors (Lipinski definition) is 4. The van der Waals surface area contributed by atoms with Crippen LogP contribution in [0.4, 0.5) is 10.1 Å². The summed E-state index contributed by atoms with van der Waals surface area (Å²) in [6.45, 7) is 1.07. The van der Waals surface area contributed by atoms with Crippen LogP contribution in [0.15, 0.2) is 39.6 Å². The summed E-state index contributed by atoms with van der Waals surface area (Å²) < 4.78 is 44.6. The average Bonchev–Trinajstić information content (AvgIpc) is 2.80. The summed E-state index contributed by atoms with van der Waals surface area (Å²) in [5.41, 5.74) is -0.0568. The highest BCUT2D eigenvalue weighted by Crippen LogP contribution is 2.28. The molecule has 1 heterocycles. The minimum Gasteiger partial charge on any atom is -0.462 e. The van der Waals surface area contributed by atoms with Gasteiger partial charge in [0.15, 0.2) is 0 Å². The van der Waals surface area contributed by atoms with Gasteiger partial charge in [-0.2, -0.15) is 0 Å². The summed E-state index contributed by atoms with van der Waals surface area (Å²) in [5, 5.41) is 8.98. The Hall–Kier alpha value is -1.86. The highest BCUT2D eigenvalue weighted by molar-refractivity contribution is 7.92. The van der Waals surface area contributed by atoms with Crippen molar-refractivity contribution < 1.29 is 22.3 Å². The van der Waals surface area contributed by atoms with Crippen LogP contribution in [0.2, 0.25) is 0 Å². The highest BCUT2D eigenvalue weighted by atomic mass is 32.2. The number of benzene rings is 1. The van der Waals surface area contributed by atoms with E-state index in [2.05, 4.69) is 0 Å². The molecule has 2 rings (SSSR count). The number of sulfonamides is 1. The van der Waals surface area contributed by atoms with Crippen molar-refractivity contribution >= 4 is 15.7 Å². The molecule has 0 saturated heterocycles.